The molecule has 0 spiro atoms. The third-order valence-electron chi connectivity index (χ3n) is 5.04. The summed E-state index contributed by atoms with van der Waals surface area (Å²) in [4.78, 5) is 51.1. The van der Waals surface area contributed by atoms with Gasteiger partial charge in [0.15, 0.2) is 5.78 Å². The second kappa shape index (κ2) is 9.51. The summed E-state index contributed by atoms with van der Waals surface area (Å²) in [5, 5.41) is 21.4. The minimum absolute atomic E-state index is 0.316. The fourth-order valence-electron chi connectivity index (χ4n) is 3.38. The van der Waals surface area contributed by atoms with E-state index in [0.29, 0.717) is 24.9 Å². The number of carboxylic acids is 2. The number of hydrogen-bond donors (Lipinski definition) is 3. The van der Waals surface area contributed by atoms with Gasteiger partial charge in [-0.3, -0.25) is 19.7 Å². The van der Waals surface area contributed by atoms with E-state index in [2.05, 4.69) is 5.32 Å². The van der Waals surface area contributed by atoms with Crippen molar-refractivity contribution in [1.82, 2.24) is 10.2 Å². The van der Waals surface area contributed by atoms with Crippen molar-refractivity contribution >= 4 is 29.3 Å². The van der Waals surface area contributed by atoms with E-state index < -0.39 is 36.0 Å². The van der Waals surface area contributed by atoms with Gasteiger partial charge >= 0.3 is 11.9 Å². The molecule has 9 nitrogen and oxygen atoms in total. The Labute approximate surface area is 169 Å². The Morgan fingerprint density at radius 2 is 1.79 bits per heavy atom. The molecule has 0 bridgehead atoms. The molecule has 0 aliphatic carbocycles. The average Bonchev–Trinajstić information content (AvgIpc) is 3.16. The first-order valence-electron chi connectivity index (χ1n) is 9.44. The van der Waals surface area contributed by atoms with Crippen molar-refractivity contribution in [3.63, 3.8) is 0 Å². The summed E-state index contributed by atoms with van der Waals surface area (Å²) < 4.78 is 0. The molecule has 0 saturated carbocycles. The number of amides is 1. The van der Waals surface area contributed by atoms with Crippen molar-refractivity contribution < 1.29 is 29.4 Å². The lowest BCUT2D eigenvalue weighted by Gasteiger charge is -2.27. The van der Waals surface area contributed by atoms with Gasteiger partial charge < -0.3 is 20.0 Å². The highest BCUT2D eigenvalue weighted by Gasteiger charge is 2.37. The first-order valence-corrected chi connectivity index (χ1v) is 9.44. The molecule has 1 heterocycles. The van der Waals surface area contributed by atoms with Gasteiger partial charge in [0, 0.05) is 38.3 Å². The summed E-state index contributed by atoms with van der Waals surface area (Å²) in [5.74, 6) is -3.17. The minimum atomic E-state index is -1.26. The molecule has 1 saturated heterocycles. The number of rotatable bonds is 9. The zero-order chi connectivity index (χ0) is 21.7. The van der Waals surface area contributed by atoms with E-state index in [1.807, 2.05) is 19.0 Å². The fourth-order valence-corrected chi connectivity index (χ4v) is 3.38. The molecule has 1 aliphatic heterocycles. The SMILES string of the molecule is C[C@H](NC(CC(=O)c1ccc(N(C)C)cc1)C(=O)O)C(=O)N1CCC[C@H]1C(=O)O. The standard InChI is InChI=1S/C20H27N3O6/c1-12(18(25)23-10-4-5-16(23)20(28)29)21-15(19(26)27)11-17(24)13-6-8-14(9-7-13)22(2)3/h6-9,12,15-16,21H,4-5,10-11H2,1-3H3,(H,26,27)(H,28,29)/t12-,15?,16-/m0/s1. The number of benzene rings is 1. The van der Waals surface area contributed by atoms with Gasteiger partial charge in [-0.15, -0.1) is 0 Å². The van der Waals surface area contributed by atoms with Gasteiger partial charge in [0.25, 0.3) is 0 Å². The second-order valence-electron chi connectivity index (χ2n) is 7.38. The largest absolute Gasteiger partial charge is 0.480 e. The lowest BCUT2D eigenvalue weighted by Crippen LogP contribution is -2.53. The Balaban J connectivity index is 2.03. The molecule has 1 aromatic rings. The molecular weight excluding hydrogens is 378 g/mol. The number of anilines is 1. The molecule has 1 aromatic carbocycles. The monoisotopic (exact) mass is 405 g/mol. The van der Waals surface area contributed by atoms with E-state index >= 15 is 0 Å². The van der Waals surface area contributed by atoms with Crippen molar-refractivity contribution in [2.75, 3.05) is 25.5 Å². The molecule has 1 amide bonds. The number of carbonyl (C=O) groups excluding carboxylic acids is 2. The number of ketones is 1. The topological polar surface area (TPSA) is 127 Å². The fraction of sp³-hybridized carbons (Fsp3) is 0.500. The average molecular weight is 405 g/mol. The lowest BCUT2D eigenvalue weighted by atomic mass is 10.0. The summed E-state index contributed by atoms with van der Waals surface area (Å²) in [6.45, 7) is 1.79. The van der Waals surface area contributed by atoms with Crippen LogP contribution >= 0.6 is 0 Å². The normalized spacial score (nSPS) is 18.2. The van der Waals surface area contributed by atoms with Crippen LogP contribution in [0.4, 0.5) is 5.69 Å². The van der Waals surface area contributed by atoms with Crippen LogP contribution in [0.2, 0.25) is 0 Å². The third kappa shape index (κ3) is 5.54. The predicted molar refractivity (Wildman–Crippen MR) is 106 cm³/mol. The number of Topliss-reactive ketones (excluding diaryl/α,β-unsaturated/α-hetero) is 1. The van der Waals surface area contributed by atoms with E-state index in [0.717, 1.165) is 5.69 Å². The summed E-state index contributed by atoms with van der Waals surface area (Å²) >= 11 is 0. The van der Waals surface area contributed by atoms with Crippen LogP contribution in [0.15, 0.2) is 24.3 Å². The number of carboxylic acid groups (broad SMARTS) is 2. The minimum Gasteiger partial charge on any atom is -0.480 e. The summed E-state index contributed by atoms with van der Waals surface area (Å²) in [7, 11) is 3.74. The van der Waals surface area contributed by atoms with Crippen molar-refractivity contribution in [2.45, 2.75) is 44.3 Å². The van der Waals surface area contributed by atoms with E-state index in [9.17, 15) is 29.4 Å². The molecule has 0 radical (unpaired) electrons. The number of nitrogens with one attached hydrogen (secondary N) is 1. The Kier molecular flexibility index (Phi) is 7.33. The van der Waals surface area contributed by atoms with Gasteiger partial charge in [-0.1, -0.05) is 0 Å². The first kappa shape index (κ1) is 22.4. The van der Waals surface area contributed by atoms with Crippen molar-refractivity contribution in [3.05, 3.63) is 29.8 Å². The van der Waals surface area contributed by atoms with Crippen LogP contribution in [0.25, 0.3) is 0 Å². The van der Waals surface area contributed by atoms with Gasteiger partial charge in [0.2, 0.25) is 5.91 Å². The zero-order valence-corrected chi connectivity index (χ0v) is 16.8. The third-order valence-corrected chi connectivity index (χ3v) is 5.04. The predicted octanol–water partition coefficient (Wildman–Crippen LogP) is 0.832. The second-order valence-corrected chi connectivity index (χ2v) is 7.38. The maximum atomic E-state index is 12.6. The van der Waals surface area contributed by atoms with Crippen LogP contribution in [-0.2, 0) is 14.4 Å². The van der Waals surface area contributed by atoms with Crippen LogP contribution in [0.3, 0.4) is 0 Å². The molecular formula is C20H27N3O6. The summed E-state index contributed by atoms with van der Waals surface area (Å²) in [6, 6.07) is 3.71. The molecule has 1 aliphatic rings. The molecule has 3 N–H and O–H groups in total. The molecule has 1 unspecified atom stereocenters. The Morgan fingerprint density at radius 1 is 1.17 bits per heavy atom. The van der Waals surface area contributed by atoms with Crippen molar-refractivity contribution in [2.24, 2.45) is 0 Å². The Bertz CT molecular complexity index is 777. The lowest BCUT2D eigenvalue weighted by molar-refractivity contribution is -0.149. The van der Waals surface area contributed by atoms with Gasteiger partial charge in [-0.2, -0.15) is 0 Å². The van der Waals surface area contributed by atoms with Crippen LogP contribution in [0, 0.1) is 0 Å². The number of aliphatic carboxylic acids is 2. The van der Waals surface area contributed by atoms with Gasteiger partial charge in [0.05, 0.1) is 6.04 Å². The van der Waals surface area contributed by atoms with Gasteiger partial charge in [-0.05, 0) is 44.0 Å². The van der Waals surface area contributed by atoms with Crippen molar-refractivity contribution in [3.8, 4) is 0 Å². The highest BCUT2D eigenvalue weighted by Crippen LogP contribution is 2.19. The quantitative estimate of drug-likeness (QED) is 0.516. The maximum absolute atomic E-state index is 12.6. The van der Waals surface area contributed by atoms with Crippen LogP contribution in [-0.4, -0.2) is 77.5 Å². The van der Waals surface area contributed by atoms with E-state index in [1.165, 1.54) is 11.8 Å². The molecule has 29 heavy (non-hydrogen) atoms. The number of carbonyl (C=O) groups is 4. The highest BCUT2D eigenvalue weighted by molar-refractivity contribution is 5.99. The Hall–Kier alpha value is -2.94. The first-order chi connectivity index (χ1) is 13.6. The van der Waals surface area contributed by atoms with Crippen LogP contribution in [0.1, 0.15) is 36.5 Å². The molecule has 2 rings (SSSR count). The Morgan fingerprint density at radius 3 is 2.31 bits per heavy atom. The van der Waals surface area contributed by atoms with Crippen molar-refractivity contribution in [1.29, 1.82) is 0 Å². The molecule has 9 heteroatoms. The number of nitrogens with zero attached hydrogens (tertiary/aromatic N) is 2. The van der Waals surface area contributed by atoms with E-state index in [4.69, 9.17) is 0 Å². The maximum Gasteiger partial charge on any atom is 0.326 e. The van der Waals surface area contributed by atoms with Gasteiger partial charge in [0.1, 0.15) is 12.1 Å². The molecule has 1 fully saturated rings. The molecule has 3 atom stereocenters. The zero-order valence-electron chi connectivity index (χ0n) is 16.8. The van der Waals surface area contributed by atoms with Crippen LogP contribution < -0.4 is 10.2 Å². The van der Waals surface area contributed by atoms with Crippen LogP contribution in [0.5, 0.6) is 0 Å². The van der Waals surface area contributed by atoms with Gasteiger partial charge in [-0.25, -0.2) is 4.79 Å². The molecule has 0 aromatic heterocycles. The molecule has 158 valence electrons. The summed E-state index contributed by atoms with van der Waals surface area (Å²) in [6.07, 6.45) is 0.632. The smallest absolute Gasteiger partial charge is 0.326 e. The van der Waals surface area contributed by atoms with E-state index in [-0.39, 0.29) is 12.2 Å². The number of likely N-dealkylation sites (tertiary alicyclic amines) is 1. The summed E-state index contributed by atoms with van der Waals surface area (Å²) in [5.41, 5.74) is 1.29. The van der Waals surface area contributed by atoms with E-state index in [1.54, 1.807) is 24.3 Å². The number of hydrogen-bond acceptors (Lipinski definition) is 6. The highest BCUT2D eigenvalue weighted by atomic mass is 16.4.